The Morgan fingerprint density at radius 3 is 1.47 bits per heavy atom. The summed E-state index contributed by atoms with van der Waals surface area (Å²) in [6, 6.07) is 81.6. The van der Waals surface area contributed by atoms with E-state index < -0.39 is 0 Å². The van der Waals surface area contributed by atoms with Gasteiger partial charge in [0.05, 0.1) is 33.8 Å². The fourth-order valence-corrected chi connectivity index (χ4v) is 10.7. The van der Waals surface area contributed by atoms with Crippen molar-refractivity contribution in [3.63, 3.8) is 0 Å². The maximum Gasteiger partial charge on any atom is 0.0541 e. The first-order valence-electron chi connectivity index (χ1n) is 24.0. The van der Waals surface area contributed by atoms with Crippen molar-refractivity contribution in [1.29, 1.82) is 0 Å². The van der Waals surface area contributed by atoms with Crippen molar-refractivity contribution in [3.8, 4) is 39.1 Å². The summed E-state index contributed by atoms with van der Waals surface area (Å²) in [7, 11) is 0. The summed E-state index contributed by atoms with van der Waals surface area (Å²) in [4.78, 5) is 2.56. The van der Waals surface area contributed by atoms with Gasteiger partial charge in [-0.1, -0.05) is 217 Å². The summed E-state index contributed by atoms with van der Waals surface area (Å²) in [6.07, 6.45) is 0. The number of anilines is 3. The van der Waals surface area contributed by atoms with Crippen LogP contribution in [0.2, 0.25) is 0 Å². The lowest BCUT2D eigenvalue weighted by atomic mass is 9.83. The average Bonchev–Trinajstić information content (AvgIpc) is 3.70. The van der Waals surface area contributed by atoms with Crippen molar-refractivity contribution in [2.45, 2.75) is 52.4 Å². The maximum absolute atomic E-state index is 2.56. The molecule has 0 N–H and O–H groups in total. The second-order valence-corrected chi connectivity index (χ2v) is 20.6. The lowest BCUT2D eigenvalue weighted by molar-refractivity contribution is 0.590. The van der Waals surface area contributed by atoms with Gasteiger partial charge >= 0.3 is 0 Å². The van der Waals surface area contributed by atoms with Crippen LogP contribution in [0.1, 0.15) is 52.7 Å². The van der Waals surface area contributed by atoms with Crippen molar-refractivity contribution in [1.82, 2.24) is 4.57 Å². The van der Waals surface area contributed by atoms with Crippen molar-refractivity contribution in [2.24, 2.45) is 0 Å². The normalized spacial score (nSPS) is 12.3. The number of aromatic nitrogens is 1. The van der Waals surface area contributed by atoms with Gasteiger partial charge in [-0.25, -0.2) is 0 Å². The highest BCUT2D eigenvalue weighted by Gasteiger charge is 2.27. The largest absolute Gasteiger partial charge is 0.309 e. The number of hydrogen-bond acceptors (Lipinski definition) is 1. The van der Waals surface area contributed by atoms with Crippen molar-refractivity contribution in [2.75, 3.05) is 4.90 Å². The average molecular weight is 875 g/mol. The van der Waals surface area contributed by atoms with Crippen molar-refractivity contribution >= 4 is 71.2 Å². The molecule has 11 aromatic carbocycles. The smallest absolute Gasteiger partial charge is 0.0541 e. The van der Waals surface area contributed by atoms with E-state index in [2.05, 4.69) is 269 Å². The Hall–Kier alpha value is -7.94. The second-order valence-electron chi connectivity index (χ2n) is 20.6. The van der Waals surface area contributed by atoms with Gasteiger partial charge in [-0.2, -0.15) is 0 Å². The van der Waals surface area contributed by atoms with Gasteiger partial charge in [0.25, 0.3) is 0 Å². The minimum atomic E-state index is -0.0526. The molecule has 12 rings (SSSR count). The molecule has 68 heavy (non-hydrogen) atoms. The molecule has 1 aromatic heterocycles. The molecule has 0 unspecified atom stereocenters. The van der Waals surface area contributed by atoms with Crippen LogP contribution in [0.5, 0.6) is 0 Å². The highest BCUT2D eigenvalue weighted by atomic mass is 15.1. The maximum atomic E-state index is 2.56. The van der Waals surface area contributed by atoms with Crippen LogP contribution in [0.15, 0.2) is 218 Å². The number of hydrogen-bond donors (Lipinski definition) is 0. The van der Waals surface area contributed by atoms with Gasteiger partial charge in [0.15, 0.2) is 0 Å². The standard InChI is InChI=1S/C66H54N2/c1-65(2,3)49-34-28-46(29-35-49)56-42-50(66(4,5)6)36-41-62(56)67(57-21-13-10-18-51(57)45-26-24-44(25-27-45)43-16-8-7-9-17-43)60-39-32-47-31-38-55-61(40-33-48-30-37-54(60)63(47)64(48)55)68-58-22-14-11-19-52(58)53-20-12-15-23-59(53)68/h7-42H,1-6H3. The summed E-state index contributed by atoms with van der Waals surface area (Å²) in [6.45, 7) is 13.8. The Bertz CT molecular complexity index is 3790. The van der Waals surface area contributed by atoms with Gasteiger partial charge in [0.1, 0.15) is 0 Å². The predicted molar refractivity (Wildman–Crippen MR) is 293 cm³/mol. The molecule has 2 heteroatoms. The molecule has 0 atom stereocenters. The summed E-state index contributed by atoms with van der Waals surface area (Å²) >= 11 is 0. The summed E-state index contributed by atoms with van der Waals surface area (Å²) in [5.41, 5.74) is 16.8. The van der Waals surface area contributed by atoms with Crippen LogP contribution in [-0.2, 0) is 10.8 Å². The lowest BCUT2D eigenvalue weighted by Crippen LogP contribution is -2.16. The van der Waals surface area contributed by atoms with E-state index in [0.29, 0.717) is 0 Å². The van der Waals surface area contributed by atoms with Crippen LogP contribution < -0.4 is 4.90 Å². The third kappa shape index (κ3) is 6.86. The fourth-order valence-electron chi connectivity index (χ4n) is 10.7. The minimum Gasteiger partial charge on any atom is -0.309 e. The van der Waals surface area contributed by atoms with E-state index in [1.807, 2.05) is 0 Å². The number of para-hydroxylation sites is 3. The third-order valence-electron chi connectivity index (χ3n) is 14.3. The Morgan fingerprint density at radius 2 is 0.794 bits per heavy atom. The zero-order chi connectivity index (χ0) is 46.3. The Kier molecular flexibility index (Phi) is 9.67. The molecule has 2 nitrogen and oxygen atoms in total. The van der Waals surface area contributed by atoms with Gasteiger partial charge in [-0.3, -0.25) is 0 Å². The van der Waals surface area contributed by atoms with E-state index in [4.69, 9.17) is 0 Å². The van der Waals surface area contributed by atoms with Crippen LogP contribution in [0, 0.1) is 0 Å². The molecule has 0 saturated carbocycles. The number of nitrogens with zero attached hydrogens (tertiary/aromatic N) is 2. The first kappa shape index (κ1) is 41.5. The van der Waals surface area contributed by atoms with Gasteiger partial charge in [-0.05, 0) is 108 Å². The van der Waals surface area contributed by atoms with Crippen LogP contribution >= 0.6 is 0 Å². The second kappa shape index (κ2) is 15.9. The lowest BCUT2D eigenvalue weighted by Gasteiger charge is -2.32. The van der Waals surface area contributed by atoms with E-state index in [1.165, 1.54) is 104 Å². The summed E-state index contributed by atoms with van der Waals surface area (Å²) in [5.74, 6) is 0. The Morgan fingerprint density at radius 1 is 0.324 bits per heavy atom. The number of benzene rings is 11. The molecule has 328 valence electrons. The zero-order valence-electron chi connectivity index (χ0n) is 39.7. The van der Waals surface area contributed by atoms with E-state index in [-0.39, 0.29) is 10.8 Å². The first-order valence-corrected chi connectivity index (χ1v) is 24.0. The van der Waals surface area contributed by atoms with Gasteiger partial charge in [0.2, 0.25) is 0 Å². The quantitative estimate of drug-likeness (QED) is 0.145. The molecule has 0 aliphatic heterocycles. The van der Waals surface area contributed by atoms with Crippen molar-refractivity contribution < 1.29 is 0 Å². The first-order chi connectivity index (χ1) is 33.0. The molecule has 0 bridgehead atoms. The fraction of sp³-hybridized carbons (Fsp3) is 0.121. The van der Waals surface area contributed by atoms with E-state index in [9.17, 15) is 0 Å². The molecule has 0 aliphatic carbocycles. The Balaban J connectivity index is 1.14. The SMILES string of the molecule is CC(C)(C)c1ccc(-c2cc(C(C)(C)C)ccc2N(c2ccccc2-c2ccc(-c3ccccc3)cc2)c2ccc3ccc4c(-n5c6ccccc6c6ccccc65)ccc5ccc2c3c54)cc1. The van der Waals surface area contributed by atoms with E-state index in [1.54, 1.807) is 0 Å². The monoisotopic (exact) mass is 874 g/mol. The van der Waals surface area contributed by atoms with E-state index >= 15 is 0 Å². The highest BCUT2D eigenvalue weighted by Crippen LogP contribution is 2.50. The van der Waals surface area contributed by atoms with Crippen LogP contribution in [0.25, 0.3) is 93.2 Å². The molecular formula is C66H54N2. The summed E-state index contributed by atoms with van der Waals surface area (Å²) < 4.78 is 2.47. The molecular weight excluding hydrogens is 821 g/mol. The topological polar surface area (TPSA) is 8.17 Å². The van der Waals surface area contributed by atoms with Crippen LogP contribution in [0.3, 0.4) is 0 Å². The molecule has 0 amide bonds. The Labute approximate surface area is 399 Å². The molecule has 0 radical (unpaired) electrons. The zero-order valence-corrected chi connectivity index (χ0v) is 39.7. The highest BCUT2D eigenvalue weighted by molar-refractivity contribution is 6.28. The van der Waals surface area contributed by atoms with Gasteiger partial charge < -0.3 is 9.47 Å². The summed E-state index contributed by atoms with van der Waals surface area (Å²) in [5, 5.41) is 10.0. The van der Waals surface area contributed by atoms with E-state index in [0.717, 1.165) is 17.1 Å². The molecule has 0 spiro atoms. The van der Waals surface area contributed by atoms with Gasteiger partial charge in [-0.15, -0.1) is 0 Å². The van der Waals surface area contributed by atoms with Crippen LogP contribution in [-0.4, -0.2) is 4.57 Å². The number of rotatable bonds is 7. The molecule has 1 heterocycles. The molecule has 0 fully saturated rings. The number of fused-ring (bicyclic) bond motifs is 3. The molecule has 0 saturated heterocycles. The predicted octanol–water partition coefficient (Wildman–Crippen LogP) is 18.7. The third-order valence-corrected chi connectivity index (χ3v) is 14.3. The molecule has 0 aliphatic rings. The van der Waals surface area contributed by atoms with Crippen LogP contribution in [0.4, 0.5) is 17.1 Å². The molecule has 12 aromatic rings. The van der Waals surface area contributed by atoms with Gasteiger partial charge in [0, 0.05) is 32.7 Å². The minimum absolute atomic E-state index is 0.0405. The van der Waals surface area contributed by atoms with Crippen molar-refractivity contribution in [3.05, 3.63) is 230 Å².